The first-order chi connectivity index (χ1) is 22.3. The van der Waals surface area contributed by atoms with Crippen LogP contribution in [0.2, 0.25) is 0 Å². The predicted octanol–water partition coefficient (Wildman–Crippen LogP) is 5.45. The van der Waals surface area contributed by atoms with Gasteiger partial charge in [0.1, 0.15) is 9.49 Å². The van der Waals surface area contributed by atoms with Gasteiger partial charge >= 0.3 is 0 Å². The van der Waals surface area contributed by atoms with Crippen LogP contribution in [0.1, 0.15) is 99.1 Å². The lowest BCUT2D eigenvalue weighted by Gasteiger charge is -2.30. The van der Waals surface area contributed by atoms with Crippen LogP contribution in [0.15, 0.2) is 40.9 Å². The Labute approximate surface area is 283 Å². The summed E-state index contributed by atoms with van der Waals surface area (Å²) >= 11 is 0. The Kier molecular flexibility index (Phi) is 10.9. The van der Waals surface area contributed by atoms with Crippen LogP contribution in [0.4, 0.5) is 11.8 Å². The van der Waals surface area contributed by atoms with Gasteiger partial charge in [-0.1, -0.05) is 75.5 Å². The van der Waals surface area contributed by atoms with E-state index in [1.165, 1.54) is 27.7 Å². The predicted molar refractivity (Wildman–Crippen MR) is 185 cm³/mol. The van der Waals surface area contributed by atoms with Crippen molar-refractivity contribution in [2.24, 2.45) is 5.92 Å². The second-order valence-corrected chi connectivity index (χ2v) is 20.0. The molecule has 3 N–H and O–H groups in total. The molecule has 0 atom stereocenters. The largest absolute Gasteiger partial charge is 0.338 e. The average molecular weight is 705 g/mol. The van der Waals surface area contributed by atoms with E-state index in [1.807, 2.05) is 51.1 Å². The van der Waals surface area contributed by atoms with Gasteiger partial charge in [0.05, 0.1) is 16.7 Å². The fraction of sp³-hybridized carbons (Fsp3) is 0.606. The van der Waals surface area contributed by atoms with Crippen molar-refractivity contribution in [2.45, 2.75) is 114 Å². The Balaban J connectivity index is 0.000000218. The van der Waals surface area contributed by atoms with E-state index >= 15 is 0 Å². The minimum Gasteiger partial charge on any atom is -0.338 e. The molecule has 3 aromatic rings. The number of anilines is 2. The van der Waals surface area contributed by atoms with Crippen LogP contribution in [0.25, 0.3) is 11.4 Å². The highest BCUT2D eigenvalue weighted by Crippen LogP contribution is 2.34. The van der Waals surface area contributed by atoms with E-state index in [-0.39, 0.29) is 28.9 Å². The van der Waals surface area contributed by atoms with Crippen LogP contribution in [0.5, 0.6) is 0 Å². The standard InChI is InChI=1S/C17H22N4O3S.C16H26N2O4S/c1-17(2,25(23,24)13-10-6-7-11-13)15(22)19-16-18-14(20-21-16)12-8-4-3-5-9-12;1-15(2,3)12-9-13(22-18-12)17-14(19)16(4,5)23(20,21)10-11-7-6-8-11/h3-5,8-9,13H,6-7,10-11H2,1-2H3,(H2,18,19,20,21,22);9,11H,6-8,10H2,1-5H3,(H,17,19). The number of amides is 2. The van der Waals surface area contributed by atoms with E-state index in [0.29, 0.717) is 24.4 Å². The smallest absolute Gasteiger partial charge is 0.249 e. The van der Waals surface area contributed by atoms with Gasteiger partial charge in [0.2, 0.25) is 23.6 Å². The first-order valence-electron chi connectivity index (χ1n) is 16.3. The van der Waals surface area contributed by atoms with Crippen molar-refractivity contribution in [2.75, 3.05) is 16.4 Å². The van der Waals surface area contributed by atoms with Gasteiger partial charge in [-0.05, 0) is 59.3 Å². The molecule has 1 aromatic carbocycles. The summed E-state index contributed by atoms with van der Waals surface area (Å²) in [5.41, 5.74) is 1.31. The molecule has 0 spiro atoms. The number of carbonyl (C=O) groups is 2. The Morgan fingerprint density at radius 3 is 2.00 bits per heavy atom. The SMILES string of the molecule is CC(C)(C(=O)Nc1n[nH]c(-c2ccccc2)n1)S(=O)(=O)C1CCCC1.CC(C)(C)c1cc(NC(=O)C(C)(C)S(=O)(=O)CC2CCC2)on1. The maximum atomic E-state index is 12.8. The van der Waals surface area contributed by atoms with Gasteiger partial charge in [0, 0.05) is 17.0 Å². The molecule has 0 radical (unpaired) electrons. The summed E-state index contributed by atoms with van der Waals surface area (Å²) in [5, 5.41) is 15.3. The third-order valence-electron chi connectivity index (χ3n) is 9.28. The minimum atomic E-state index is -3.58. The zero-order chi connectivity index (χ0) is 35.5. The highest BCUT2D eigenvalue weighted by molar-refractivity contribution is 7.94. The Morgan fingerprint density at radius 1 is 0.854 bits per heavy atom. The summed E-state index contributed by atoms with van der Waals surface area (Å²) in [4.78, 5) is 29.3. The minimum absolute atomic E-state index is 0.0665. The molecule has 2 heterocycles. The van der Waals surface area contributed by atoms with Gasteiger partial charge in [0.15, 0.2) is 25.5 Å². The molecular formula is C33H48N6O7S2. The van der Waals surface area contributed by atoms with E-state index in [1.54, 1.807) is 6.07 Å². The van der Waals surface area contributed by atoms with Gasteiger partial charge in [0.25, 0.3) is 0 Å². The monoisotopic (exact) mass is 704 g/mol. The number of nitrogens with zero attached hydrogens (tertiary/aromatic N) is 3. The molecule has 264 valence electrons. The number of H-pyrrole nitrogens is 1. The Morgan fingerprint density at radius 2 is 1.46 bits per heavy atom. The van der Waals surface area contributed by atoms with Crippen molar-refractivity contribution in [3.63, 3.8) is 0 Å². The quantitative estimate of drug-likeness (QED) is 0.244. The number of benzene rings is 1. The van der Waals surface area contributed by atoms with Crippen molar-refractivity contribution >= 4 is 43.3 Å². The third kappa shape index (κ3) is 8.16. The number of nitrogens with one attached hydrogen (secondary N) is 3. The highest BCUT2D eigenvalue weighted by Gasteiger charge is 2.47. The molecule has 48 heavy (non-hydrogen) atoms. The number of sulfone groups is 2. The number of aromatic amines is 1. The molecule has 0 bridgehead atoms. The van der Waals surface area contributed by atoms with Crippen LogP contribution in [0, 0.1) is 5.92 Å². The summed E-state index contributed by atoms with van der Waals surface area (Å²) in [6.45, 7) is 11.7. The van der Waals surface area contributed by atoms with E-state index in [2.05, 4.69) is 31.0 Å². The second kappa shape index (κ2) is 14.1. The fourth-order valence-electron chi connectivity index (χ4n) is 5.31. The van der Waals surface area contributed by atoms with Gasteiger partial charge < -0.3 is 4.52 Å². The maximum absolute atomic E-state index is 12.8. The number of hydrogen-bond acceptors (Lipinski definition) is 10. The molecule has 0 aliphatic heterocycles. The van der Waals surface area contributed by atoms with E-state index in [0.717, 1.165) is 37.7 Å². The molecule has 13 nitrogen and oxygen atoms in total. The fourth-order valence-corrected chi connectivity index (χ4v) is 9.11. The van der Waals surface area contributed by atoms with Crippen molar-refractivity contribution in [3.8, 4) is 11.4 Å². The molecule has 2 saturated carbocycles. The molecule has 2 amide bonds. The van der Waals surface area contributed by atoms with E-state index in [9.17, 15) is 26.4 Å². The maximum Gasteiger partial charge on any atom is 0.249 e. The summed E-state index contributed by atoms with van der Waals surface area (Å²) in [6.07, 6.45) is 5.95. The number of rotatable bonds is 10. The number of carbonyl (C=O) groups excluding carboxylic acids is 2. The number of hydrogen-bond donors (Lipinski definition) is 3. The van der Waals surface area contributed by atoms with Crippen LogP contribution in [-0.2, 0) is 34.7 Å². The van der Waals surface area contributed by atoms with Crippen molar-refractivity contribution in [1.29, 1.82) is 0 Å². The molecule has 2 fully saturated rings. The average Bonchev–Trinajstić information content (AvgIpc) is 3.78. The van der Waals surface area contributed by atoms with Crippen molar-refractivity contribution in [3.05, 3.63) is 42.1 Å². The van der Waals surface area contributed by atoms with Gasteiger partial charge in [-0.3, -0.25) is 25.3 Å². The first kappa shape index (κ1) is 37.2. The van der Waals surface area contributed by atoms with Gasteiger partial charge in [-0.15, -0.1) is 5.10 Å². The number of aromatic nitrogens is 4. The normalized spacial score (nSPS) is 16.5. The van der Waals surface area contributed by atoms with Crippen molar-refractivity contribution < 1.29 is 30.9 Å². The van der Waals surface area contributed by atoms with E-state index in [4.69, 9.17) is 4.52 Å². The van der Waals surface area contributed by atoms with Crippen LogP contribution >= 0.6 is 0 Å². The molecule has 5 rings (SSSR count). The van der Waals surface area contributed by atoms with Gasteiger partial charge in [-0.25, -0.2) is 16.8 Å². The first-order valence-corrected chi connectivity index (χ1v) is 19.5. The van der Waals surface area contributed by atoms with Gasteiger partial charge in [-0.2, -0.15) is 4.98 Å². The van der Waals surface area contributed by atoms with Crippen LogP contribution in [0.3, 0.4) is 0 Å². The molecule has 15 heteroatoms. The Hall–Kier alpha value is -3.59. The summed E-state index contributed by atoms with van der Waals surface area (Å²) in [7, 11) is -7.12. The molecule has 0 saturated heterocycles. The summed E-state index contributed by atoms with van der Waals surface area (Å²) in [5.74, 6) is -0.203. The van der Waals surface area contributed by atoms with Crippen LogP contribution < -0.4 is 10.6 Å². The Bertz CT molecular complexity index is 1800. The molecule has 0 unspecified atom stereocenters. The zero-order valence-electron chi connectivity index (χ0n) is 28.8. The lowest BCUT2D eigenvalue weighted by Crippen LogP contribution is -2.48. The lowest BCUT2D eigenvalue weighted by atomic mass is 9.87. The molecule has 2 aromatic heterocycles. The van der Waals surface area contributed by atoms with E-state index < -0.39 is 46.2 Å². The topological polar surface area (TPSA) is 194 Å². The highest BCUT2D eigenvalue weighted by atomic mass is 32.2. The second-order valence-electron chi connectivity index (χ2n) is 14.7. The molecular weight excluding hydrogens is 657 g/mol. The van der Waals surface area contributed by atoms with Crippen molar-refractivity contribution in [1.82, 2.24) is 20.3 Å². The third-order valence-corrected chi connectivity index (χ3v) is 14.9. The molecule has 2 aliphatic rings. The zero-order valence-corrected chi connectivity index (χ0v) is 30.4. The molecule has 2 aliphatic carbocycles. The summed E-state index contributed by atoms with van der Waals surface area (Å²) < 4.78 is 52.8. The summed E-state index contributed by atoms with van der Waals surface area (Å²) in [6, 6.07) is 11.0. The lowest BCUT2D eigenvalue weighted by molar-refractivity contribution is -0.118. The van der Waals surface area contributed by atoms with Crippen LogP contribution in [-0.4, -0.2) is 69.5 Å².